The van der Waals surface area contributed by atoms with Crippen LogP contribution in [0.4, 0.5) is 0 Å². The van der Waals surface area contributed by atoms with Gasteiger partial charge in [-0.25, -0.2) is 4.98 Å². The van der Waals surface area contributed by atoms with Crippen LogP contribution >= 0.6 is 0 Å². The summed E-state index contributed by atoms with van der Waals surface area (Å²) in [5.41, 5.74) is 13.1. The van der Waals surface area contributed by atoms with Crippen molar-refractivity contribution in [2.75, 3.05) is 6.54 Å². The number of nitrogens with two attached hydrogens (primary N) is 1. The third-order valence-corrected chi connectivity index (χ3v) is 3.35. The van der Waals surface area contributed by atoms with Gasteiger partial charge in [0.1, 0.15) is 0 Å². The van der Waals surface area contributed by atoms with E-state index in [9.17, 15) is 0 Å². The molecule has 0 fully saturated rings. The molecule has 1 heterocycles. The molecule has 1 aromatic heterocycles. The molecule has 0 aliphatic heterocycles. The lowest BCUT2D eigenvalue weighted by Crippen LogP contribution is -2.08. The molecular formula is C15H21N3. The maximum absolute atomic E-state index is 5.69. The van der Waals surface area contributed by atoms with Crippen LogP contribution in [0.25, 0.3) is 11.3 Å². The summed E-state index contributed by atoms with van der Waals surface area (Å²) >= 11 is 0. The topological polar surface area (TPSA) is 43.8 Å². The largest absolute Gasteiger partial charge is 0.337 e. The van der Waals surface area contributed by atoms with Gasteiger partial charge in [-0.3, -0.25) is 0 Å². The lowest BCUT2D eigenvalue weighted by atomic mass is 9.96. The van der Waals surface area contributed by atoms with E-state index in [2.05, 4.69) is 42.5 Å². The average Bonchev–Trinajstić information content (AvgIpc) is 2.61. The van der Waals surface area contributed by atoms with Crippen molar-refractivity contribution in [3.63, 3.8) is 0 Å². The van der Waals surface area contributed by atoms with Crippen molar-refractivity contribution in [1.29, 1.82) is 0 Å². The molecule has 0 aliphatic rings. The van der Waals surface area contributed by atoms with Crippen molar-refractivity contribution in [3.8, 4) is 11.3 Å². The van der Waals surface area contributed by atoms with E-state index in [0.717, 1.165) is 12.1 Å². The predicted molar refractivity (Wildman–Crippen MR) is 75.6 cm³/mol. The predicted octanol–water partition coefficient (Wildman–Crippen LogP) is 2.51. The second-order valence-electron chi connectivity index (χ2n) is 4.96. The van der Waals surface area contributed by atoms with Crippen molar-refractivity contribution < 1.29 is 0 Å². The summed E-state index contributed by atoms with van der Waals surface area (Å²) in [6.45, 7) is 7.08. The normalized spacial score (nSPS) is 10.9. The zero-order chi connectivity index (χ0) is 13.3. The molecule has 0 saturated heterocycles. The van der Waals surface area contributed by atoms with Gasteiger partial charge in [-0.05, 0) is 38.4 Å². The van der Waals surface area contributed by atoms with Crippen molar-refractivity contribution in [1.82, 2.24) is 9.55 Å². The summed E-state index contributed by atoms with van der Waals surface area (Å²) in [7, 11) is 2.03. The van der Waals surface area contributed by atoms with E-state index in [1.807, 2.05) is 13.4 Å². The second kappa shape index (κ2) is 4.94. The van der Waals surface area contributed by atoms with Crippen LogP contribution in [0.2, 0.25) is 0 Å². The number of aryl methyl sites for hydroxylation is 4. The molecule has 96 valence electrons. The van der Waals surface area contributed by atoms with Gasteiger partial charge in [0.25, 0.3) is 0 Å². The number of rotatable bonds is 3. The van der Waals surface area contributed by atoms with Gasteiger partial charge in [-0.1, -0.05) is 17.7 Å². The minimum atomic E-state index is 0.649. The zero-order valence-corrected chi connectivity index (χ0v) is 11.6. The average molecular weight is 243 g/mol. The molecule has 0 radical (unpaired) electrons. The maximum Gasteiger partial charge on any atom is 0.0953 e. The summed E-state index contributed by atoms with van der Waals surface area (Å²) in [6.07, 6.45) is 2.73. The summed E-state index contributed by atoms with van der Waals surface area (Å²) in [5, 5.41) is 0. The van der Waals surface area contributed by atoms with E-state index >= 15 is 0 Å². The highest BCUT2D eigenvalue weighted by atomic mass is 15.0. The number of hydrogen-bond acceptors (Lipinski definition) is 2. The molecule has 3 nitrogen and oxygen atoms in total. The first-order valence-electron chi connectivity index (χ1n) is 6.33. The summed E-state index contributed by atoms with van der Waals surface area (Å²) < 4.78 is 2.07. The first-order chi connectivity index (χ1) is 8.54. The van der Waals surface area contributed by atoms with Crippen molar-refractivity contribution in [2.24, 2.45) is 12.8 Å². The van der Waals surface area contributed by atoms with Crippen LogP contribution in [0.5, 0.6) is 0 Å². The number of nitrogens with zero attached hydrogens (tertiary/aromatic N) is 2. The summed E-state index contributed by atoms with van der Waals surface area (Å²) in [6, 6.07) is 4.42. The van der Waals surface area contributed by atoms with Crippen LogP contribution in [0.15, 0.2) is 18.5 Å². The van der Waals surface area contributed by atoms with Gasteiger partial charge in [-0.15, -0.1) is 0 Å². The van der Waals surface area contributed by atoms with Gasteiger partial charge < -0.3 is 10.3 Å². The Kier molecular flexibility index (Phi) is 3.53. The minimum Gasteiger partial charge on any atom is -0.337 e. The van der Waals surface area contributed by atoms with Gasteiger partial charge in [0.2, 0.25) is 0 Å². The standard InChI is InChI=1S/C15H21N3/c1-10-7-11(2)14(12(3)8-10)15-13(5-6-16)18(4)9-17-15/h7-9H,5-6,16H2,1-4H3. The highest BCUT2D eigenvalue weighted by Gasteiger charge is 2.14. The quantitative estimate of drug-likeness (QED) is 0.900. The Balaban J connectivity index is 2.62. The van der Waals surface area contributed by atoms with E-state index in [1.54, 1.807) is 0 Å². The van der Waals surface area contributed by atoms with Crippen LogP contribution in [0.3, 0.4) is 0 Å². The number of imidazole rings is 1. The molecule has 0 amide bonds. The van der Waals surface area contributed by atoms with Crippen LogP contribution in [0.1, 0.15) is 22.4 Å². The fourth-order valence-corrected chi connectivity index (χ4v) is 2.65. The fraction of sp³-hybridized carbons (Fsp3) is 0.400. The Hall–Kier alpha value is -1.61. The van der Waals surface area contributed by atoms with Crippen molar-refractivity contribution >= 4 is 0 Å². The molecule has 0 atom stereocenters. The van der Waals surface area contributed by atoms with Gasteiger partial charge >= 0.3 is 0 Å². The Labute approximate surface area is 109 Å². The van der Waals surface area contributed by atoms with Crippen LogP contribution < -0.4 is 5.73 Å². The third kappa shape index (κ3) is 2.18. The molecule has 1 aromatic carbocycles. The van der Waals surface area contributed by atoms with Crippen LogP contribution in [0, 0.1) is 20.8 Å². The second-order valence-corrected chi connectivity index (χ2v) is 4.96. The molecule has 0 spiro atoms. The molecule has 0 bridgehead atoms. The SMILES string of the molecule is Cc1cc(C)c(-c2ncn(C)c2CCN)c(C)c1. The molecule has 0 unspecified atom stereocenters. The van der Waals surface area contributed by atoms with E-state index in [-0.39, 0.29) is 0 Å². The number of hydrogen-bond donors (Lipinski definition) is 1. The van der Waals surface area contributed by atoms with E-state index in [0.29, 0.717) is 6.54 Å². The maximum atomic E-state index is 5.69. The van der Waals surface area contributed by atoms with E-state index in [4.69, 9.17) is 5.73 Å². The molecule has 3 heteroatoms. The van der Waals surface area contributed by atoms with Gasteiger partial charge in [0.05, 0.1) is 12.0 Å². The Bertz CT molecular complexity index is 544. The Morgan fingerprint density at radius 1 is 1.17 bits per heavy atom. The molecule has 2 rings (SSSR count). The lowest BCUT2D eigenvalue weighted by Gasteiger charge is -2.12. The van der Waals surface area contributed by atoms with E-state index < -0.39 is 0 Å². The van der Waals surface area contributed by atoms with Crippen molar-refractivity contribution in [3.05, 3.63) is 40.8 Å². The lowest BCUT2D eigenvalue weighted by molar-refractivity contribution is 0.805. The monoisotopic (exact) mass is 243 g/mol. The fourth-order valence-electron chi connectivity index (χ4n) is 2.65. The molecule has 2 N–H and O–H groups in total. The molecule has 18 heavy (non-hydrogen) atoms. The summed E-state index contributed by atoms with van der Waals surface area (Å²) in [4.78, 5) is 4.56. The first-order valence-corrected chi connectivity index (χ1v) is 6.33. The Morgan fingerprint density at radius 2 is 1.78 bits per heavy atom. The van der Waals surface area contributed by atoms with Crippen molar-refractivity contribution in [2.45, 2.75) is 27.2 Å². The van der Waals surface area contributed by atoms with E-state index in [1.165, 1.54) is 27.9 Å². The zero-order valence-electron chi connectivity index (χ0n) is 11.6. The number of benzene rings is 1. The van der Waals surface area contributed by atoms with Crippen LogP contribution in [-0.2, 0) is 13.5 Å². The molecule has 0 saturated carbocycles. The molecular weight excluding hydrogens is 222 g/mol. The molecule has 0 aliphatic carbocycles. The van der Waals surface area contributed by atoms with Gasteiger partial charge in [-0.2, -0.15) is 0 Å². The highest BCUT2D eigenvalue weighted by Crippen LogP contribution is 2.29. The first kappa shape index (κ1) is 12.8. The molecule has 2 aromatic rings. The van der Waals surface area contributed by atoms with Crippen LogP contribution in [-0.4, -0.2) is 16.1 Å². The van der Waals surface area contributed by atoms with Gasteiger partial charge in [0.15, 0.2) is 0 Å². The summed E-state index contributed by atoms with van der Waals surface area (Å²) in [5.74, 6) is 0. The number of aromatic nitrogens is 2. The third-order valence-electron chi connectivity index (χ3n) is 3.35. The smallest absolute Gasteiger partial charge is 0.0953 e. The highest BCUT2D eigenvalue weighted by molar-refractivity contribution is 5.70. The Morgan fingerprint density at radius 3 is 2.33 bits per heavy atom. The minimum absolute atomic E-state index is 0.649. The van der Waals surface area contributed by atoms with Gasteiger partial charge in [0, 0.05) is 24.7 Å².